The van der Waals surface area contributed by atoms with E-state index in [-0.39, 0.29) is 11.7 Å². The molecule has 0 bridgehead atoms. The van der Waals surface area contributed by atoms with Crippen molar-refractivity contribution in [2.45, 2.75) is 32.6 Å². The van der Waals surface area contributed by atoms with E-state index in [4.69, 9.17) is 0 Å². The Kier molecular flexibility index (Phi) is 5.72. The maximum absolute atomic E-state index is 14.1. The van der Waals surface area contributed by atoms with Crippen molar-refractivity contribution in [1.29, 1.82) is 0 Å². The number of piperidine rings is 1. The van der Waals surface area contributed by atoms with E-state index < -0.39 is 0 Å². The van der Waals surface area contributed by atoms with Gasteiger partial charge in [-0.25, -0.2) is 4.39 Å². The van der Waals surface area contributed by atoms with Gasteiger partial charge in [0.15, 0.2) is 0 Å². The molecule has 1 amide bonds. The van der Waals surface area contributed by atoms with Crippen molar-refractivity contribution < 1.29 is 9.18 Å². The predicted octanol–water partition coefficient (Wildman–Crippen LogP) is 2.66. The van der Waals surface area contributed by atoms with Crippen molar-refractivity contribution in [3.63, 3.8) is 0 Å². The summed E-state index contributed by atoms with van der Waals surface area (Å²) in [6, 6.07) is 5.36. The highest BCUT2D eigenvalue weighted by Gasteiger charge is 2.23. The molecule has 0 aromatic heterocycles. The summed E-state index contributed by atoms with van der Waals surface area (Å²) < 4.78 is 14.1. The Morgan fingerprint density at radius 3 is 2.42 bits per heavy atom. The zero-order valence-electron chi connectivity index (χ0n) is 14.6. The summed E-state index contributed by atoms with van der Waals surface area (Å²) in [5.74, 6) is 0.0736. The summed E-state index contributed by atoms with van der Waals surface area (Å²) >= 11 is 0. The minimum atomic E-state index is -0.167. The smallest absolute Gasteiger partial charge is 0.223 e. The molecular weight excluding hydrogens is 305 g/mol. The van der Waals surface area contributed by atoms with Crippen LogP contribution >= 0.6 is 0 Å². The summed E-state index contributed by atoms with van der Waals surface area (Å²) in [7, 11) is 0. The number of halogens is 1. The van der Waals surface area contributed by atoms with Gasteiger partial charge in [-0.2, -0.15) is 0 Å². The fraction of sp³-hybridized carbons (Fsp3) is 0.632. The number of amides is 1. The van der Waals surface area contributed by atoms with Crippen LogP contribution in [0.15, 0.2) is 18.2 Å². The number of nitrogens with zero attached hydrogens (tertiary/aromatic N) is 3. The van der Waals surface area contributed by atoms with Crippen molar-refractivity contribution in [2.75, 3.05) is 50.7 Å². The third kappa shape index (κ3) is 4.26. The molecule has 0 radical (unpaired) electrons. The van der Waals surface area contributed by atoms with E-state index in [9.17, 15) is 9.18 Å². The van der Waals surface area contributed by atoms with Crippen LogP contribution in [0.25, 0.3) is 0 Å². The van der Waals surface area contributed by atoms with Crippen LogP contribution in [0.2, 0.25) is 0 Å². The quantitative estimate of drug-likeness (QED) is 0.847. The molecule has 0 saturated carbocycles. The molecule has 0 unspecified atom stereocenters. The number of hydrogen-bond acceptors (Lipinski definition) is 3. The fourth-order valence-electron chi connectivity index (χ4n) is 3.66. The molecule has 132 valence electrons. The molecule has 0 aliphatic carbocycles. The van der Waals surface area contributed by atoms with Crippen molar-refractivity contribution in [3.8, 4) is 0 Å². The zero-order chi connectivity index (χ0) is 16.9. The Labute approximate surface area is 144 Å². The maximum Gasteiger partial charge on any atom is 0.223 e. The Balaban J connectivity index is 1.46. The van der Waals surface area contributed by atoms with Gasteiger partial charge in [0.05, 0.1) is 5.69 Å². The van der Waals surface area contributed by atoms with E-state index in [1.165, 1.54) is 19.3 Å². The first-order chi connectivity index (χ1) is 11.6. The third-order valence-electron chi connectivity index (χ3n) is 5.17. The van der Waals surface area contributed by atoms with Gasteiger partial charge in [-0.3, -0.25) is 4.79 Å². The van der Waals surface area contributed by atoms with Gasteiger partial charge in [-0.1, -0.05) is 12.5 Å². The lowest BCUT2D eigenvalue weighted by molar-refractivity contribution is -0.131. The van der Waals surface area contributed by atoms with Crippen molar-refractivity contribution in [1.82, 2.24) is 9.80 Å². The van der Waals surface area contributed by atoms with E-state index in [0.717, 1.165) is 25.2 Å². The van der Waals surface area contributed by atoms with E-state index in [1.54, 1.807) is 6.07 Å². The highest BCUT2D eigenvalue weighted by Crippen LogP contribution is 2.22. The molecule has 2 fully saturated rings. The van der Waals surface area contributed by atoms with Crippen LogP contribution in [0.3, 0.4) is 0 Å². The van der Waals surface area contributed by atoms with Gasteiger partial charge in [0.1, 0.15) is 5.82 Å². The minimum Gasteiger partial charge on any atom is -0.366 e. The number of benzene rings is 1. The van der Waals surface area contributed by atoms with Gasteiger partial charge < -0.3 is 14.7 Å². The number of likely N-dealkylation sites (tertiary alicyclic amines) is 1. The highest BCUT2D eigenvalue weighted by molar-refractivity contribution is 5.76. The van der Waals surface area contributed by atoms with Crippen molar-refractivity contribution >= 4 is 11.6 Å². The average molecular weight is 333 g/mol. The zero-order valence-corrected chi connectivity index (χ0v) is 14.6. The van der Waals surface area contributed by atoms with Crippen LogP contribution < -0.4 is 4.90 Å². The first kappa shape index (κ1) is 17.2. The first-order valence-electron chi connectivity index (χ1n) is 9.15. The van der Waals surface area contributed by atoms with Crippen LogP contribution in [0.1, 0.15) is 31.2 Å². The molecule has 1 aromatic rings. The molecule has 2 aliphatic rings. The second-order valence-electron chi connectivity index (χ2n) is 6.98. The van der Waals surface area contributed by atoms with E-state index in [2.05, 4.69) is 4.90 Å². The number of rotatable bonds is 4. The summed E-state index contributed by atoms with van der Waals surface area (Å²) in [6.45, 7) is 7.82. The number of piperazine rings is 1. The highest BCUT2D eigenvalue weighted by atomic mass is 19.1. The van der Waals surface area contributed by atoms with E-state index in [0.29, 0.717) is 38.3 Å². The van der Waals surface area contributed by atoms with Gasteiger partial charge in [0.25, 0.3) is 0 Å². The second-order valence-corrected chi connectivity index (χ2v) is 6.98. The number of hydrogen-bond donors (Lipinski definition) is 0. The Morgan fingerprint density at radius 2 is 1.75 bits per heavy atom. The molecule has 3 rings (SSSR count). The van der Waals surface area contributed by atoms with E-state index in [1.807, 2.05) is 28.9 Å². The summed E-state index contributed by atoms with van der Waals surface area (Å²) in [6.07, 6.45) is 4.45. The van der Waals surface area contributed by atoms with Crippen LogP contribution in [0.4, 0.5) is 10.1 Å². The Bertz CT molecular complexity index is 564. The molecule has 1 aromatic carbocycles. The Hall–Kier alpha value is -1.62. The lowest BCUT2D eigenvalue weighted by Gasteiger charge is -2.36. The fourth-order valence-corrected chi connectivity index (χ4v) is 3.66. The average Bonchev–Trinajstić information content (AvgIpc) is 2.61. The predicted molar refractivity (Wildman–Crippen MR) is 94.8 cm³/mol. The third-order valence-corrected chi connectivity index (χ3v) is 5.17. The van der Waals surface area contributed by atoms with Crippen LogP contribution in [0.5, 0.6) is 0 Å². The van der Waals surface area contributed by atoms with Gasteiger partial charge in [-0.05, 0) is 50.6 Å². The molecule has 4 nitrogen and oxygen atoms in total. The lowest BCUT2D eigenvalue weighted by Crippen LogP contribution is -2.49. The molecule has 0 N–H and O–H groups in total. The molecule has 0 atom stereocenters. The Morgan fingerprint density at radius 1 is 1.04 bits per heavy atom. The van der Waals surface area contributed by atoms with Crippen LogP contribution in [-0.2, 0) is 4.79 Å². The number of carbonyl (C=O) groups is 1. The second kappa shape index (κ2) is 7.97. The monoisotopic (exact) mass is 333 g/mol. The molecule has 0 spiro atoms. The van der Waals surface area contributed by atoms with E-state index >= 15 is 0 Å². The SMILES string of the molecule is Cc1ccc(N2CCN(C(=O)CCN3CCCCC3)CC2)c(F)c1. The maximum atomic E-state index is 14.1. The first-order valence-corrected chi connectivity index (χ1v) is 9.15. The van der Waals surface area contributed by atoms with Gasteiger partial charge in [0, 0.05) is 39.1 Å². The van der Waals surface area contributed by atoms with Gasteiger partial charge in [0.2, 0.25) is 5.91 Å². The standard InChI is InChI=1S/C19H28FN3O/c1-16-5-6-18(17(20)15-16)22-11-13-23(14-12-22)19(24)7-10-21-8-3-2-4-9-21/h5-6,15H,2-4,7-14H2,1H3. The topological polar surface area (TPSA) is 26.8 Å². The summed E-state index contributed by atoms with van der Waals surface area (Å²) in [5.41, 5.74) is 1.59. The normalized spacial score (nSPS) is 19.6. The van der Waals surface area contributed by atoms with Crippen LogP contribution in [0, 0.1) is 12.7 Å². The molecule has 2 heterocycles. The lowest BCUT2D eigenvalue weighted by atomic mass is 10.1. The molecular formula is C19H28FN3O. The van der Waals surface area contributed by atoms with Gasteiger partial charge in [-0.15, -0.1) is 0 Å². The summed E-state index contributed by atoms with van der Waals surface area (Å²) in [5, 5.41) is 0. The van der Waals surface area contributed by atoms with Gasteiger partial charge >= 0.3 is 0 Å². The largest absolute Gasteiger partial charge is 0.366 e. The molecule has 2 saturated heterocycles. The molecule has 24 heavy (non-hydrogen) atoms. The van der Waals surface area contributed by atoms with Crippen molar-refractivity contribution in [3.05, 3.63) is 29.6 Å². The molecule has 5 heteroatoms. The molecule has 2 aliphatic heterocycles. The van der Waals surface area contributed by atoms with Crippen molar-refractivity contribution in [2.24, 2.45) is 0 Å². The van der Waals surface area contributed by atoms with Crippen LogP contribution in [-0.4, -0.2) is 61.5 Å². The number of aryl methyl sites for hydroxylation is 1. The minimum absolute atomic E-state index is 0.167. The number of anilines is 1. The number of carbonyl (C=O) groups excluding carboxylic acids is 1. The summed E-state index contributed by atoms with van der Waals surface area (Å²) in [4.78, 5) is 18.8.